The van der Waals surface area contributed by atoms with Crippen molar-refractivity contribution in [1.82, 2.24) is 10.2 Å². The first-order valence-electron chi connectivity index (χ1n) is 7.12. The van der Waals surface area contributed by atoms with Crippen LogP contribution in [-0.4, -0.2) is 87.2 Å². The van der Waals surface area contributed by atoms with E-state index in [0.29, 0.717) is 0 Å². The molecule has 0 saturated heterocycles. The van der Waals surface area contributed by atoms with Crippen molar-refractivity contribution in [2.24, 2.45) is 5.90 Å². The van der Waals surface area contributed by atoms with E-state index in [1.165, 1.54) is 0 Å². The van der Waals surface area contributed by atoms with E-state index in [1.807, 2.05) is 0 Å². The summed E-state index contributed by atoms with van der Waals surface area (Å²) < 4.78 is 0. The maximum atomic E-state index is 11.6. The first-order chi connectivity index (χ1) is 11.3. The van der Waals surface area contributed by atoms with E-state index in [0.717, 1.165) is 17.1 Å². The lowest BCUT2D eigenvalue weighted by Crippen LogP contribution is -2.50. The number of nitrogens with zero attached hydrogens (tertiary/aromatic N) is 1. The molecule has 0 unspecified atom stereocenters. The Hall–Kier alpha value is -1.89. The van der Waals surface area contributed by atoms with Crippen molar-refractivity contribution >= 4 is 17.7 Å². The van der Waals surface area contributed by atoms with Gasteiger partial charge in [0.1, 0.15) is 18.3 Å². The third kappa shape index (κ3) is 5.63. The topological polar surface area (TPSA) is 183 Å². The Labute approximate surface area is 137 Å². The second kappa shape index (κ2) is 9.42. The zero-order valence-corrected chi connectivity index (χ0v) is 12.7. The maximum absolute atomic E-state index is 11.6. The molecule has 0 aromatic heterocycles. The molecular formula is C13H21N3O8. The number of rotatable bonds is 10. The van der Waals surface area contributed by atoms with E-state index in [-0.39, 0.29) is 13.0 Å². The molecule has 0 aromatic rings. The molecule has 0 radical (unpaired) electrons. The zero-order chi connectivity index (χ0) is 18.3. The minimum absolute atomic E-state index is 0.121. The normalized spacial score (nSPS) is 19.3. The number of aliphatic hydroxyl groups excluding tert-OH is 4. The van der Waals surface area contributed by atoms with Gasteiger partial charge in [-0.05, 0) is 0 Å². The Bertz CT molecular complexity index is 480. The fraction of sp³-hybridized carbons (Fsp3) is 0.615. The molecule has 1 aliphatic rings. The molecule has 4 atom stereocenters. The van der Waals surface area contributed by atoms with Gasteiger partial charge in [-0.3, -0.25) is 19.3 Å². The van der Waals surface area contributed by atoms with E-state index in [1.54, 1.807) is 0 Å². The number of carbonyl (C=O) groups is 3. The Morgan fingerprint density at radius 2 is 1.67 bits per heavy atom. The molecule has 11 heteroatoms. The predicted molar refractivity (Wildman–Crippen MR) is 77.7 cm³/mol. The lowest BCUT2D eigenvalue weighted by molar-refractivity contribution is -0.137. The summed E-state index contributed by atoms with van der Waals surface area (Å²) in [6, 6.07) is 0. The molecule has 11 nitrogen and oxygen atoms in total. The van der Waals surface area contributed by atoms with Crippen LogP contribution in [0.2, 0.25) is 0 Å². The van der Waals surface area contributed by atoms with Crippen LogP contribution in [0.5, 0.6) is 0 Å². The number of hydrogen-bond acceptors (Lipinski definition) is 9. The van der Waals surface area contributed by atoms with Crippen molar-refractivity contribution in [2.75, 3.05) is 19.7 Å². The van der Waals surface area contributed by atoms with Gasteiger partial charge in [0, 0.05) is 31.7 Å². The van der Waals surface area contributed by atoms with Crippen LogP contribution in [0.1, 0.15) is 6.42 Å². The number of aliphatic hydroxyl groups is 4. The minimum atomic E-state index is -1.75. The second-order valence-electron chi connectivity index (χ2n) is 5.16. The zero-order valence-electron chi connectivity index (χ0n) is 12.7. The van der Waals surface area contributed by atoms with Gasteiger partial charge in [0.25, 0.3) is 11.8 Å². The van der Waals surface area contributed by atoms with Crippen molar-refractivity contribution in [2.45, 2.75) is 30.8 Å². The van der Waals surface area contributed by atoms with E-state index in [9.17, 15) is 34.8 Å². The lowest BCUT2D eigenvalue weighted by atomic mass is 10.0. The van der Waals surface area contributed by atoms with Crippen molar-refractivity contribution in [3.8, 4) is 0 Å². The van der Waals surface area contributed by atoms with Crippen molar-refractivity contribution in [3.63, 3.8) is 0 Å². The number of imide groups is 1. The number of nitrogens with one attached hydrogen (secondary N) is 1. The Morgan fingerprint density at radius 1 is 1.12 bits per heavy atom. The van der Waals surface area contributed by atoms with Gasteiger partial charge in [0.15, 0.2) is 0 Å². The molecular weight excluding hydrogens is 326 g/mol. The molecule has 0 fully saturated rings. The molecule has 7 N–H and O–H groups in total. The van der Waals surface area contributed by atoms with E-state index >= 15 is 0 Å². The van der Waals surface area contributed by atoms with Crippen molar-refractivity contribution in [3.05, 3.63) is 12.2 Å². The summed E-state index contributed by atoms with van der Waals surface area (Å²) in [4.78, 5) is 39.2. The van der Waals surface area contributed by atoms with Crippen LogP contribution in [0.4, 0.5) is 0 Å². The molecule has 136 valence electrons. The molecule has 1 rings (SSSR count). The summed E-state index contributed by atoms with van der Waals surface area (Å²) >= 11 is 0. The van der Waals surface area contributed by atoms with Crippen LogP contribution in [0.15, 0.2) is 12.2 Å². The molecule has 0 bridgehead atoms. The fourth-order valence-corrected chi connectivity index (χ4v) is 1.94. The Morgan fingerprint density at radius 3 is 2.21 bits per heavy atom. The molecule has 0 aliphatic carbocycles. The van der Waals surface area contributed by atoms with Crippen LogP contribution in [-0.2, 0) is 19.2 Å². The van der Waals surface area contributed by atoms with E-state index in [4.69, 9.17) is 5.90 Å². The Balaban J connectivity index is 2.32. The summed E-state index contributed by atoms with van der Waals surface area (Å²) in [5, 5.41) is 40.6. The predicted octanol–water partition coefficient (Wildman–Crippen LogP) is -4.25. The summed E-state index contributed by atoms with van der Waals surface area (Å²) in [7, 11) is 0. The van der Waals surface area contributed by atoms with Crippen molar-refractivity contribution < 1.29 is 39.6 Å². The third-order valence-electron chi connectivity index (χ3n) is 3.38. The smallest absolute Gasteiger partial charge is 0.253 e. The molecule has 0 spiro atoms. The number of carbonyl (C=O) groups excluding carboxylic acids is 3. The van der Waals surface area contributed by atoms with Gasteiger partial charge >= 0.3 is 0 Å². The van der Waals surface area contributed by atoms with Crippen LogP contribution < -0.4 is 11.2 Å². The van der Waals surface area contributed by atoms with E-state index < -0.39 is 55.3 Å². The molecule has 0 aromatic carbocycles. The van der Waals surface area contributed by atoms with Gasteiger partial charge in [-0.15, -0.1) is 0 Å². The SMILES string of the molecule is NOC[C@@H](O)[C@@H](O)[C@H](O)[C@H](O)CNC(=O)CCN1C(=O)C=CC1=O. The maximum Gasteiger partial charge on any atom is 0.253 e. The molecule has 0 saturated carbocycles. The van der Waals surface area contributed by atoms with Crippen molar-refractivity contribution in [1.29, 1.82) is 0 Å². The second-order valence-corrected chi connectivity index (χ2v) is 5.16. The number of nitrogens with two attached hydrogens (primary N) is 1. The summed E-state index contributed by atoms with van der Waals surface area (Å²) in [6.07, 6.45) is -4.56. The standard InChI is InChI=1S/C13H21N3O8/c14-24-6-8(18)13(23)12(22)7(17)5-15-9(19)3-4-16-10(20)1-2-11(16)21/h1-2,7-8,12-13,17-18,22-23H,3-6,14H2,(H,15,19)/t7-,8-,12-,13-/m1/s1. The third-order valence-corrected chi connectivity index (χ3v) is 3.38. The van der Waals surface area contributed by atoms with Gasteiger partial charge in [-0.1, -0.05) is 0 Å². The van der Waals surface area contributed by atoms with Gasteiger partial charge in [0.2, 0.25) is 5.91 Å². The average Bonchev–Trinajstić information content (AvgIpc) is 2.87. The summed E-state index contributed by atoms with van der Waals surface area (Å²) in [5.74, 6) is 3.12. The summed E-state index contributed by atoms with van der Waals surface area (Å²) in [5.41, 5.74) is 0. The van der Waals surface area contributed by atoms with Gasteiger partial charge < -0.3 is 30.6 Å². The van der Waals surface area contributed by atoms with Crippen LogP contribution >= 0.6 is 0 Å². The van der Waals surface area contributed by atoms with E-state index in [2.05, 4.69) is 10.2 Å². The molecule has 3 amide bonds. The lowest BCUT2D eigenvalue weighted by Gasteiger charge is -2.26. The highest BCUT2D eigenvalue weighted by atomic mass is 16.6. The number of hydrogen-bond donors (Lipinski definition) is 6. The molecule has 1 heterocycles. The quantitative estimate of drug-likeness (QED) is 0.168. The first-order valence-corrected chi connectivity index (χ1v) is 7.12. The van der Waals surface area contributed by atoms with Crippen LogP contribution in [0.3, 0.4) is 0 Å². The molecule has 1 aliphatic heterocycles. The highest BCUT2D eigenvalue weighted by molar-refractivity contribution is 6.13. The Kier molecular flexibility index (Phi) is 7.91. The summed E-state index contributed by atoms with van der Waals surface area (Å²) in [6.45, 7) is -0.985. The van der Waals surface area contributed by atoms with Gasteiger partial charge in [-0.25, -0.2) is 5.90 Å². The largest absolute Gasteiger partial charge is 0.388 e. The van der Waals surface area contributed by atoms with Gasteiger partial charge in [0.05, 0.1) is 12.7 Å². The minimum Gasteiger partial charge on any atom is -0.388 e. The van der Waals surface area contributed by atoms with Crippen LogP contribution in [0, 0.1) is 0 Å². The highest BCUT2D eigenvalue weighted by Crippen LogP contribution is 2.06. The number of amides is 3. The monoisotopic (exact) mass is 347 g/mol. The highest BCUT2D eigenvalue weighted by Gasteiger charge is 2.30. The van der Waals surface area contributed by atoms with Crippen LogP contribution in [0.25, 0.3) is 0 Å². The fourth-order valence-electron chi connectivity index (χ4n) is 1.94. The molecule has 24 heavy (non-hydrogen) atoms. The van der Waals surface area contributed by atoms with Gasteiger partial charge in [-0.2, -0.15) is 0 Å². The average molecular weight is 347 g/mol. The first kappa shape index (κ1) is 20.2.